The molecular formula is C30H32N2O3. The molecule has 2 atom stereocenters. The molecule has 3 aromatic carbocycles. The molecule has 5 nitrogen and oxygen atoms in total. The molecule has 0 spiro atoms. The zero-order valence-corrected chi connectivity index (χ0v) is 20.2. The Bertz CT molecular complexity index is 1120. The minimum absolute atomic E-state index is 0.0524. The maximum absolute atomic E-state index is 14.2. The zero-order chi connectivity index (χ0) is 24.2. The number of benzene rings is 3. The number of fused-ring (bicyclic) bond motifs is 1. The minimum atomic E-state index is -0.595. The quantitative estimate of drug-likeness (QED) is 0.505. The molecule has 0 aliphatic carbocycles. The van der Waals surface area contributed by atoms with Gasteiger partial charge in [0.1, 0.15) is 6.04 Å². The van der Waals surface area contributed by atoms with Crippen molar-refractivity contribution in [2.24, 2.45) is 0 Å². The molecule has 5 rings (SSSR count). The summed E-state index contributed by atoms with van der Waals surface area (Å²) in [6, 6.07) is 27.7. The summed E-state index contributed by atoms with van der Waals surface area (Å²) in [5, 5.41) is 0. The number of carbonyl (C=O) groups excluding carboxylic acids is 2. The van der Waals surface area contributed by atoms with Gasteiger partial charge in [-0.2, -0.15) is 0 Å². The van der Waals surface area contributed by atoms with Crippen LogP contribution in [0.5, 0.6) is 0 Å². The molecule has 2 heterocycles. The molecule has 2 aliphatic rings. The maximum atomic E-state index is 14.2. The van der Waals surface area contributed by atoms with Gasteiger partial charge < -0.3 is 14.5 Å². The first kappa shape index (κ1) is 23.2. The van der Waals surface area contributed by atoms with E-state index in [0.29, 0.717) is 13.0 Å². The Labute approximate surface area is 207 Å². The molecule has 35 heavy (non-hydrogen) atoms. The number of para-hydroxylation sites is 1. The lowest BCUT2D eigenvalue weighted by Crippen LogP contribution is -2.44. The number of ether oxygens (including phenoxy) is 1. The Balaban J connectivity index is 1.50. The molecule has 0 N–H and O–H groups in total. The smallest absolute Gasteiger partial charge is 0.328 e. The summed E-state index contributed by atoms with van der Waals surface area (Å²) in [5.74, 6) is -0.869. The average Bonchev–Trinajstić information content (AvgIpc) is 3.24. The van der Waals surface area contributed by atoms with Crippen LogP contribution in [0.1, 0.15) is 41.9 Å². The van der Waals surface area contributed by atoms with Crippen molar-refractivity contribution in [3.05, 3.63) is 102 Å². The van der Waals surface area contributed by atoms with Crippen LogP contribution in [-0.2, 0) is 20.7 Å². The van der Waals surface area contributed by atoms with E-state index in [2.05, 4.69) is 29.2 Å². The third-order valence-corrected chi connectivity index (χ3v) is 7.39. The number of methoxy groups -OCH3 is 1. The van der Waals surface area contributed by atoms with Gasteiger partial charge in [-0.25, -0.2) is 4.79 Å². The molecule has 1 fully saturated rings. The van der Waals surface area contributed by atoms with Crippen LogP contribution in [0.3, 0.4) is 0 Å². The molecule has 0 aromatic heterocycles. The van der Waals surface area contributed by atoms with Gasteiger partial charge in [0.2, 0.25) is 5.91 Å². The van der Waals surface area contributed by atoms with E-state index in [0.717, 1.165) is 36.9 Å². The van der Waals surface area contributed by atoms with Crippen molar-refractivity contribution in [3.63, 3.8) is 0 Å². The Morgan fingerprint density at radius 2 is 1.49 bits per heavy atom. The summed E-state index contributed by atoms with van der Waals surface area (Å²) in [5.41, 5.74) is 4.43. The van der Waals surface area contributed by atoms with Crippen LogP contribution in [0.25, 0.3) is 0 Å². The topological polar surface area (TPSA) is 49.9 Å². The molecule has 0 bridgehead atoms. The predicted octanol–water partition coefficient (Wildman–Crippen LogP) is 4.80. The number of anilines is 1. The van der Waals surface area contributed by atoms with E-state index in [1.165, 1.54) is 18.4 Å². The molecule has 0 saturated carbocycles. The highest BCUT2D eigenvalue weighted by Gasteiger charge is 2.45. The molecule has 0 radical (unpaired) electrons. The van der Waals surface area contributed by atoms with Gasteiger partial charge in [-0.05, 0) is 42.0 Å². The van der Waals surface area contributed by atoms with Crippen molar-refractivity contribution in [2.45, 2.75) is 43.7 Å². The highest BCUT2D eigenvalue weighted by atomic mass is 16.5. The molecule has 5 heteroatoms. The predicted molar refractivity (Wildman–Crippen MR) is 137 cm³/mol. The fourth-order valence-electron chi connectivity index (χ4n) is 5.68. The van der Waals surface area contributed by atoms with Crippen LogP contribution in [-0.4, -0.2) is 49.1 Å². The maximum Gasteiger partial charge on any atom is 0.328 e. The van der Waals surface area contributed by atoms with E-state index in [1.54, 1.807) is 4.90 Å². The molecule has 3 aromatic rings. The van der Waals surface area contributed by atoms with Crippen LogP contribution >= 0.6 is 0 Å². The van der Waals surface area contributed by atoms with Crippen LogP contribution in [0.4, 0.5) is 5.69 Å². The number of carbonyl (C=O) groups is 2. The van der Waals surface area contributed by atoms with Crippen molar-refractivity contribution in [3.8, 4) is 0 Å². The summed E-state index contributed by atoms with van der Waals surface area (Å²) in [7, 11) is 1.41. The first-order valence-corrected chi connectivity index (χ1v) is 12.5. The second-order valence-corrected chi connectivity index (χ2v) is 9.45. The van der Waals surface area contributed by atoms with Gasteiger partial charge in [0.15, 0.2) is 0 Å². The number of nitrogens with zero attached hydrogens (tertiary/aromatic N) is 2. The number of hydrogen-bond donors (Lipinski definition) is 0. The van der Waals surface area contributed by atoms with Crippen molar-refractivity contribution in [1.29, 1.82) is 0 Å². The molecule has 0 unspecified atom stereocenters. The molecule has 1 amide bonds. The summed E-state index contributed by atoms with van der Waals surface area (Å²) in [4.78, 5) is 31.3. The van der Waals surface area contributed by atoms with E-state index in [-0.39, 0.29) is 17.9 Å². The highest BCUT2D eigenvalue weighted by Crippen LogP contribution is 2.35. The number of hydrogen-bond acceptors (Lipinski definition) is 4. The van der Waals surface area contributed by atoms with E-state index in [1.807, 2.05) is 60.7 Å². The van der Waals surface area contributed by atoms with Crippen molar-refractivity contribution < 1.29 is 14.3 Å². The number of esters is 1. The summed E-state index contributed by atoms with van der Waals surface area (Å²) in [6.07, 6.45) is 3.88. The largest absolute Gasteiger partial charge is 0.467 e. The molecule has 2 aliphatic heterocycles. The van der Waals surface area contributed by atoms with Gasteiger partial charge >= 0.3 is 5.97 Å². The van der Waals surface area contributed by atoms with Crippen LogP contribution in [0.2, 0.25) is 0 Å². The number of aryl methyl sites for hydroxylation is 1. The van der Waals surface area contributed by atoms with Gasteiger partial charge in [-0.15, -0.1) is 0 Å². The normalized spacial score (nSPS) is 19.8. The number of rotatable bonds is 5. The fourth-order valence-corrected chi connectivity index (χ4v) is 5.68. The second kappa shape index (κ2) is 10.3. The van der Waals surface area contributed by atoms with Gasteiger partial charge in [-0.3, -0.25) is 4.79 Å². The number of likely N-dealkylation sites (tertiary alicyclic amines) is 1. The van der Waals surface area contributed by atoms with Gasteiger partial charge in [0, 0.05) is 31.2 Å². The van der Waals surface area contributed by atoms with Crippen molar-refractivity contribution in [2.75, 3.05) is 25.1 Å². The third-order valence-electron chi connectivity index (χ3n) is 7.39. The van der Waals surface area contributed by atoms with Crippen molar-refractivity contribution >= 4 is 17.6 Å². The van der Waals surface area contributed by atoms with Crippen LogP contribution in [0.15, 0.2) is 84.9 Å². The Morgan fingerprint density at radius 3 is 2.14 bits per heavy atom. The SMILES string of the molecule is COC(=O)[C@@H]1C[C@H](N2CCCCc3ccccc32)CN1C(=O)C(c1ccccc1)c1ccccc1. The van der Waals surface area contributed by atoms with Gasteiger partial charge in [0.25, 0.3) is 0 Å². The van der Waals surface area contributed by atoms with E-state index >= 15 is 0 Å². The lowest BCUT2D eigenvalue weighted by atomic mass is 9.90. The summed E-state index contributed by atoms with van der Waals surface area (Å²) in [6.45, 7) is 1.43. The van der Waals surface area contributed by atoms with E-state index < -0.39 is 12.0 Å². The minimum Gasteiger partial charge on any atom is -0.467 e. The average molecular weight is 469 g/mol. The molecule has 180 valence electrons. The molecule has 1 saturated heterocycles. The standard InChI is InChI=1S/C30H32N2O3/c1-35-30(34)27-20-25(31-19-11-10-13-22-12-8-9-18-26(22)31)21-32(27)29(33)28(23-14-4-2-5-15-23)24-16-6-3-7-17-24/h2-9,12,14-18,25,27-28H,10-11,13,19-21H2,1H3/t25-,27-/m0/s1. The third kappa shape index (κ3) is 4.68. The second-order valence-electron chi connectivity index (χ2n) is 9.45. The highest BCUT2D eigenvalue weighted by molar-refractivity contribution is 5.92. The van der Waals surface area contributed by atoms with Gasteiger partial charge in [0.05, 0.1) is 13.0 Å². The van der Waals surface area contributed by atoms with E-state index in [4.69, 9.17) is 4.74 Å². The first-order valence-electron chi connectivity index (χ1n) is 12.5. The van der Waals surface area contributed by atoms with Gasteiger partial charge in [-0.1, -0.05) is 78.9 Å². The Hall–Kier alpha value is -3.60. The van der Waals surface area contributed by atoms with Crippen molar-refractivity contribution in [1.82, 2.24) is 4.90 Å². The van der Waals surface area contributed by atoms with Crippen LogP contribution < -0.4 is 4.90 Å². The molecular weight excluding hydrogens is 436 g/mol. The number of amides is 1. The monoisotopic (exact) mass is 468 g/mol. The lowest BCUT2D eigenvalue weighted by molar-refractivity contribution is -0.151. The lowest BCUT2D eigenvalue weighted by Gasteiger charge is -2.32. The van der Waals surface area contributed by atoms with E-state index in [9.17, 15) is 9.59 Å². The van der Waals surface area contributed by atoms with Crippen LogP contribution in [0, 0.1) is 0 Å². The first-order chi connectivity index (χ1) is 17.2. The fraction of sp³-hybridized carbons (Fsp3) is 0.333. The summed E-state index contributed by atoms with van der Waals surface area (Å²) >= 11 is 0. The Morgan fingerprint density at radius 1 is 0.857 bits per heavy atom. The summed E-state index contributed by atoms with van der Waals surface area (Å²) < 4.78 is 5.18. The Kier molecular flexibility index (Phi) is 6.84. The zero-order valence-electron chi connectivity index (χ0n) is 20.2.